The van der Waals surface area contributed by atoms with Gasteiger partial charge in [-0.25, -0.2) is 4.79 Å². The highest BCUT2D eigenvalue weighted by Gasteiger charge is 2.52. The molecule has 182 valence electrons. The van der Waals surface area contributed by atoms with Crippen LogP contribution in [0, 0.1) is 5.41 Å². The van der Waals surface area contributed by atoms with E-state index in [9.17, 15) is 9.59 Å². The maximum absolute atomic E-state index is 14.0. The lowest BCUT2D eigenvalue weighted by atomic mass is 9.70. The molecule has 3 aromatic carbocycles. The van der Waals surface area contributed by atoms with Crippen LogP contribution in [0.1, 0.15) is 36.0 Å². The van der Waals surface area contributed by atoms with Gasteiger partial charge in [-0.1, -0.05) is 85.8 Å². The minimum atomic E-state index is -1.21. The van der Waals surface area contributed by atoms with Crippen molar-refractivity contribution < 1.29 is 23.8 Å². The molecule has 1 aliphatic carbocycles. The van der Waals surface area contributed by atoms with E-state index in [1.807, 2.05) is 73.7 Å². The molecule has 6 nitrogen and oxygen atoms in total. The molecule has 0 saturated heterocycles. The summed E-state index contributed by atoms with van der Waals surface area (Å²) in [5.41, 5.74) is 3.84. The largest absolute Gasteiger partial charge is 0.460 e. The molecule has 3 aromatic rings. The fourth-order valence-electron chi connectivity index (χ4n) is 4.80. The third kappa shape index (κ3) is 5.08. The lowest BCUT2D eigenvalue weighted by Crippen LogP contribution is -2.51. The van der Waals surface area contributed by atoms with E-state index in [1.54, 1.807) is 0 Å². The summed E-state index contributed by atoms with van der Waals surface area (Å²) in [6, 6.07) is 25.7. The van der Waals surface area contributed by atoms with E-state index in [0.717, 1.165) is 34.2 Å². The molecular formula is C29H31NO5. The van der Waals surface area contributed by atoms with Gasteiger partial charge in [-0.2, -0.15) is 0 Å². The van der Waals surface area contributed by atoms with Crippen molar-refractivity contribution in [3.05, 3.63) is 95.6 Å². The molecular weight excluding hydrogens is 442 g/mol. The smallest absolute Gasteiger partial charge is 0.406 e. The number of alkyl carbamates (subject to hydrolysis) is 1. The molecule has 0 radical (unpaired) electrons. The Hall–Kier alpha value is -3.64. The third-order valence-corrected chi connectivity index (χ3v) is 6.45. The minimum Gasteiger partial charge on any atom is -0.460 e. The summed E-state index contributed by atoms with van der Waals surface area (Å²) in [6.45, 7) is 2.73. The zero-order valence-corrected chi connectivity index (χ0v) is 20.2. The average molecular weight is 474 g/mol. The molecule has 0 bridgehead atoms. The van der Waals surface area contributed by atoms with Crippen molar-refractivity contribution in [2.45, 2.75) is 25.9 Å². The lowest BCUT2D eigenvalue weighted by molar-refractivity contribution is -0.162. The van der Waals surface area contributed by atoms with Crippen molar-refractivity contribution in [1.82, 2.24) is 5.32 Å². The van der Waals surface area contributed by atoms with Gasteiger partial charge in [0, 0.05) is 19.1 Å². The van der Waals surface area contributed by atoms with Crippen molar-refractivity contribution in [3.8, 4) is 11.1 Å². The Labute approximate surface area is 206 Å². The first-order valence-electron chi connectivity index (χ1n) is 11.9. The van der Waals surface area contributed by atoms with Crippen LogP contribution in [0.3, 0.4) is 0 Å². The number of esters is 1. The summed E-state index contributed by atoms with van der Waals surface area (Å²) in [6.07, 6.45) is 0.192. The third-order valence-electron chi connectivity index (χ3n) is 6.45. The second kappa shape index (κ2) is 11.2. The average Bonchev–Trinajstić information content (AvgIpc) is 3.24. The predicted molar refractivity (Wildman–Crippen MR) is 134 cm³/mol. The maximum Gasteiger partial charge on any atom is 0.406 e. The molecule has 0 heterocycles. The molecule has 6 heteroatoms. The molecule has 0 aromatic heterocycles. The van der Waals surface area contributed by atoms with Crippen LogP contribution in [0.15, 0.2) is 78.9 Å². The van der Waals surface area contributed by atoms with E-state index < -0.39 is 17.5 Å². The van der Waals surface area contributed by atoms with E-state index in [1.165, 1.54) is 7.11 Å². The van der Waals surface area contributed by atoms with E-state index >= 15 is 0 Å². The maximum atomic E-state index is 14.0. The molecule has 0 saturated carbocycles. The van der Waals surface area contributed by atoms with Crippen molar-refractivity contribution in [2.75, 3.05) is 26.9 Å². The Morgan fingerprint density at radius 2 is 1.49 bits per heavy atom. The van der Waals surface area contributed by atoms with Gasteiger partial charge in [0.15, 0.2) is 0 Å². The van der Waals surface area contributed by atoms with Gasteiger partial charge in [0.1, 0.15) is 12.0 Å². The number of hydrogen-bond acceptors (Lipinski definition) is 5. The van der Waals surface area contributed by atoms with E-state index in [2.05, 4.69) is 17.4 Å². The quantitative estimate of drug-likeness (QED) is 0.319. The molecule has 1 N–H and O–H groups in total. The van der Waals surface area contributed by atoms with Crippen molar-refractivity contribution in [3.63, 3.8) is 0 Å². The number of methoxy groups -OCH3 is 1. The molecule has 1 atom stereocenters. The van der Waals surface area contributed by atoms with Gasteiger partial charge in [-0.05, 0) is 34.2 Å². The van der Waals surface area contributed by atoms with E-state index in [0.29, 0.717) is 6.61 Å². The van der Waals surface area contributed by atoms with Crippen LogP contribution < -0.4 is 5.32 Å². The topological polar surface area (TPSA) is 73.9 Å². The van der Waals surface area contributed by atoms with Crippen molar-refractivity contribution in [1.29, 1.82) is 0 Å². The number of ether oxygens (including phenoxy) is 3. The molecule has 35 heavy (non-hydrogen) atoms. The number of nitrogens with one attached hydrogen (secondary N) is 1. The van der Waals surface area contributed by atoms with E-state index in [4.69, 9.17) is 14.2 Å². The summed E-state index contributed by atoms with van der Waals surface area (Å²) < 4.78 is 16.8. The Morgan fingerprint density at radius 1 is 0.886 bits per heavy atom. The number of rotatable bonds is 10. The van der Waals surface area contributed by atoms with Crippen molar-refractivity contribution >= 4 is 12.1 Å². The SMILES string of the molecule is CCCOC[C@](CNC(=O)OC)(C(=O)OCc1ccccc1)C1c2ccccc2-c2ccccc21. The van der Waals surface area contributed by atoms with Gasteiger partial charge in [0.25, 0.3) is 0 Å². The fourth-order valence-corrected chi connectivity index (χ4v) is 4.80. The normalized spacial score (nSPS) is 13.9. The molecule has 0 unspecified atom stereocenters. The molecule has 1 amide bonds. The second-order valence-corrected chi connectivity index (χ2v) is 8.72. The van der Waals surface area contributed by atoms with Crippen LogP contribution in [-0.2, 0) is 25.6 Å². The van der Waals surface area contributed by atoms with Crippen LogP contribution in [-0.4, -0.2) is 38.9 Å². The Morgan fingerprint density at radius 3 is 2.09 bits per heavy atom. The lowest BCUT2D eigenvalue weighted by Gasteiger charge is -2.37. The number of fused-ring (bicyclic) bond motifs is 3. The molecule has 0 spiro atoms. The highest BCUT2D eigenvalue weighted by molar-refractivity contribution is 5.87. The molecule has 0 aliphatic heterocycles. The van der Waals surface area contributed by atoms with Crippen LogP contribution in [0.25, 0.3) is 11.1 Å². The van der Waals surface area contributed by atoms with Gasteiger partial charge in [-0.15, -0.1) is 0 Å². The van der Waals surface area contributed by atoms with Crippen LogP contribution in [0.2, 0.25) is 0 Å². The number of benzene rings is 3. The second-order valence-electron chi connectivity index (χ2n) is 8.72. The Balaban J connectivity index is 1.80. The number of hydrogen-bond donors (Lipinski definition) is 1. The van der Waals surface area contributed by atoms with Gasteiger partial charge in [0.05, 0.1) is 13.7 Å². The zero-order valence-electron chi connectivity index (χ0n) is 20.2. The summed E-state index contributed by atoms with van der Waals surface area (Å²) in [7, 11) is 1.30. The fraction of sp³-hybridized carbons (Fsp3) is 0.310. The summed E-state index contributed by atoms with van der Waals surface area (Å²) in [5, 5.41) is 2.78. The Bertz CT molecular complexity index is 1120. The Kier molecular flexibility index (Phi) is 7.83. The number of amides is 1. The van der Waals surface area contributed by atoms with Crippen LogP contribution in [0.5, 0.6) is 0 Å². The molecule has 0 fully saturated rings. The first-order valence-corrected chi connectivity index (χ1v) is 11.9. The van der Waals surface area contributed by atoms with Crippen LogP contribution in [0.4, 0.5) is 4.79 Å². The van der Waals surface area contributed by atoms with Crippen LogP contribution >= 0.6 is 0 Å². The minimum absolute atomic E-state index is 0.00431. The highest BCUT2D eigenvalue weighted by atomic mass is 16.5. The van der Waals surface area contributed by atoms with E-state index in [-0.39, 0.29) is 25.7 Å². The first-order chi connectivity index (χ1) is 17.1. The highest BCUT2D eigenvalue weighted by Crippen LogP contribution is 2.53. The van der Waals surface area contributed by atoms with Crippen molar-refractivity contribution in [2.24, 2.45) is 5.41 Å². The summed E-state index contributed by atoms with van der Waals surface area (Å²) in [5.74, 6) is -0.794. The standard InChI is InChI=1S/C29H31NO5/c1-3-17-34-20-29(19-30-28(32)33-2,27(31)35-18-21-11-5-4-6-12-21)26-24-15-9-7-13-22(24)23-14-8-10-16-25(23)26/h4-16,26H,3,17-20H2,1-2H3,(H,30,32)/t29-/m0/s1. The number of carbonyl (C=O) groups excluding carboxylic acids is 2. The molecule has 1 aliphatic rings. The summed E-state index contributed by atoms with van der Waals surface area (Å²) in [4.78, 5) is 26.2. The summed E-state index contributed by atoms with van der Waals surface area (Å²) >= 11 is 0. The monoisotopic (exact) mass is 473 g/mol. The predicted octanol–water partition coefficient (Wildman–Crippen LogP) is 5.31. The van der Waals surface area contributed by atoms with Gasteiger partial charge >= 0.3 is 12.1 Å². The van der Waals surface area contributed by atoms with Gasteiger partial charge in [0.2, 0.25) is 0 Å². The number of carbonyl (C=O) groups is 2. The zero-order chi connectivity index (χ0) is 24.7. The van der Waals surface area contributed by atoms with Gasteiger partial charge in [-0.3, -0.25) is 4.79 Å². The first kappa shape index (κ1) is 24.5. The molecule has 4 rings (SSSR count). The van der Waals surface area contributed by atoms with Gasteiger partial charge < -0.3 is 19.5 Å².